The summed E-state index contributed by atoms with van der Waals surface area (Å²) < 4.78 is 12.0. The molecule has 2 fully saturated rings. The topological polar surface area (TPSA) is 54.9 Å². The van der Waals surface area contributed by atoms with Crippen molar-refractivity contribution in [1.82, 2.24) is 9.88 Å². The van der Waals surface area contributed by atoms with Gasteiger partial charge in [0.2, 0.25) is 0 Å². The Morgan fingerprint density at radius 3 is 2.81 bits per heavy atom. The number of carbonyl (C=O) groups excluding carboxylic acids is 1. The van der Waals surface area contributed by atoms with Crippen molar-refractivity contribution in [3.63, 3.8) is 0 Å². The van der Waals surface area contributed by atoms with Crippen LogP contribution in [0.2, 0.25) is 0 Å². The van der Waals surface area contributed by atoms with E-state index in [0.29, 0.717) is 26.3 Å². The lowest BCUT2D eigenvalue weighted by atomic mass is 10.00. The molecule has 27 heavy (non-hydrogen) atoms. The second kappa shape index (κ2) is 7.76. The minimum Gasteiger partial charge on any atom is -0.377 e. The van der Waals surface area contributed by atoms with E-state index < -0.39 is 5.60 Å². The van der Waals surface area contributed by atoms with Gasteiger partial charge in [-0.15, -0.1) is 0 Å². The van der Waals surface area contributed by atoms with Crippen molar-refractivity contribution in [2.24, 2.45) is 0 Å². The van der Waals surface area contributed by atoms with Crippen LogP contribution in [0.25, 0.3) is 0 Å². The summed E-state index contributed by atoms with van der Waals surface area (Å²) in [6, 6.07) is 13.9. The van der Waals surface area contributed by atoms with Crippen LogP contribution in [0, 0.1) is 6.92 Å². The van der Waals surface area contributed by atoms with Gasteiger partial charge < -0.3 is 14.4 Å². The third kappa shape index (κ3) is 4.03. The molecule has 2 aliphatic rings. The summed E-state index contributed by atoms with van der Waals surface area (Å²) in [5.74, 6) is -0.00421. The molecule has 2 aliphatic heterocycles. The Hall–Kier alpha value is -2.28. The van der Waals surface area contributed by atoms with Gasteiger partial charge in [-0.2, -0.15) is 0 Å². The first-order chi connectivity index (χ1) is 13.2. The monoisotopic (exact) mass is 367 g/mol. The number of hydrogen-bond donors (Lipinski definition) is 0. The third-order valence-electron chi connectivity index (χ3n) is 5.20. The van der Waals surface area contributed by atoms with Crippen LogP contribution in [0.3, 0.4) is 0 Å². The van der Waals surface area contributed by atoms with Gasteiger partial charge in [0.15, 0.2) is 0 Å². The van der Waals surface area contributed by atoms with Crippen molar-refractivity contribution in [3.05, 3.63) is 59.9 Å². The highest BCUT2D eigenvalue weighted by Gasteiger charge is 2.43. The maximum Gasteiger partial charge on any atom is 0.253 e. The van der Waals surface area contributed by atoms with E-state index in [2.05, 4.69) is 9.88 Å². The van der Waals surface area contributed by atoms with Gasteiger partial charge in [0, 0.05) is 31.5 Å². The van der Waals surface area contributed by atoms with Crippen LogP contribution < -0.4 is 4.90 Å². The van der Waals surface area contributed by atoms with E-state index in [4.69, 9.17) is 9.47 Å². The van der Waals surface area contributed by atoms with E-state index >= 15 is 0 Å². The molecule has 3 heterocycles. The van der Waals surface area contributed by atoms with Crippen molar-refractivity contribution in [2.75, 3.05) is 44.4 Å². The van der Waals surface area contributed by atoms with Gasteiger partial charge >= 0.3 is 0 Å². The number of para-hydroxylation sites is 1. The highest BCUT2D eigenvalue weighted by Crippen LogP contribution is 2.29. The van der Waals surface area contributed by atoms with Crippen LogP contribution >= 0.6 is 0 Å². The highest BCUT2D eigenvalue weighted by atomic mass is 16.6. The second-order valence-corrected chi connectivity index (χ2v) is 7.32. The Kier molecular flexibility index (Phi) is 5.20. The molecule has 142 valence electrons. The van der Waals surface area contributed by atoms with Gasteiger partial charge in [-0.05, 0) is 30.7 Å². The maximum absolute atomic E-state index is 12.6. The molecule has 0 bridgehead atoms. The van der Waals surface area contributed by atoms with Gasteiger partial charge in [-0.3, -0.25) is 14.7 Å². The average molecular weight is 367 g/mol. The van der Waals surface area contributed by atoms with Gasteiger partial charge in [0.05, 0.1) is 25.5 Å². The maximum atomic E-state index is 12.6. The predicted octanol–water partition coefficient (Wildman–Crippen LogP) is 2.02. The number of aromatic nitrogens is 1. The van der Waals surface area contributed by atoms with Crippen LogP contribution in [-0.2, 0) is 20.8 Å². The lowest BCUT2D eigenvalue weighted by molar-refractivity contribution is -0.146. The van der Waals surface area contributed by atoms with Gasteiger partial charge in [0.25, 0.3) is 5.91 Å². The number of hydrogen-bond acceptors (Lipinski definition) is 5. The summed E-state index contributed by atoms with van der Waals surface area (Å²) in [6.07, 6.45) is 1.81. The standard InChI is InChI=1S/C21H25N3O3/c1-17-6-2-3-8-19(17)24-15-21(27-13-20(24)25)14-23(10-11-26-16-21)12-18-7-4-5-9-22-18/h2-9H,10-16H2,1H3/t21-/m1/s1. The number of aryl methyl sites for hydroxylation is 1. The average Bonchev–Trinajstić information content (AvgIpc) is 2.87. The molecule has 2 aromatic rings. The van der Waals surface area contributed by atoms with Crippen LogP contribution in [0.4, 0.5) is 5.69 Å². The summed E-state index contributed by atoms with van der Waals surface area (Å²) in [6.45, 7) is 6.01. The molecule has 1 amide bonds. The number of pyridine rings is 1. The summed E-state index contributed by atoms with van der Waals surface area (Å²) in [4.78, 5) is 21.2. The van der Waals surface area contributed by atoms with E-state index in [0.717, 1.165) is 30.0 Å². The highest BCUT2D eigenvalue weighted by molar-refractivity contribution is 5.95. The molecule has 4 rings (SSSR count). The zero-order chi connectivity index (χ0) is 18.7. The Labute approximate surface area is 159 Å². The first kappa shape index (κ1) is 18.1. The molecule has 1 spiro atoms. The van der Waals surface area contributed by atoms with Crippen LogP contribution in [0.15, 0.2) is 48.7 Å². The zero-order valence-electron chi connectivity index (χ0n) is 15.6. The lowest BCUT2D eigenvalue weighted by Crippen LogP contribution is -2.60. The summed E-state index contributed by atoms with van der Waals surface area (Å²) in [5, 5.41) is 0. The van der Waals surface area contributed by atoms with Gasteiger partial charge in [-0.1, -0.05) is 24.3 Å². The molecule has 6 heteroatoms. The molecular formula is C21H25N3O3. The fourth-order valence-electron chi connectivity index (χ4n) is 3.82. The van der Waals surface area contributed by atoms with E-state index in [1.165, 1.54) is 0 Å². The quantitative estimate of drug-likeness (QED) is 0.831. The molecule has 0 aliphatic carbocycles. The SMILES string of the molecule is Cc1ccccc1N1C[C@]2(COCCN(Cc3ccccn3)C2)OCC1=O. The van der Waals surface area contributed by atoms with Crippen molar-refractivity contribution in [3.8, 4) is 0 Å². The van der Waals surface area contributed by atoms with Gasteiger partial charge in [0.1, 0.15) is 12.2 Å². The molecule has 2 saturated heterocycles. The number of nitrogens with zero attached hydrogens (tertiary/aromatic N) is 3. The van der Waals surface area contributed by atoms with Crippen molar-refractivity contribution >= 4 is 11.6 Å². The van der Waals surface area contributed by atoms with Crippen LogP contribution in [0.1, 0.15) is 11.3 Å². The third-order valence-corrected chi connectivity index (χ3v) is 5.20. The minimum atomic E-state index is -0.526. The molecule has 0 radical (unpaired) electrons. The second-order valence-electron chi connectivity index (χ2n) is 7.32. The Morgan fingerprint density at radius 2 is 2.00 bits per heavy atom. The molecular weight excluding hydrogens is 342 g/mol. The molecule has 0 N–H and O–H groups in total. The number of anilines is 1. The summed E-state index contributed by atoms with van der Waals surface area (Å²) >= 11 is 0. The van der Waals surface area contributed by atoms with Crippen LogP contribution in [0.5, 0.6) is 0 Å². The zero-order valence-corrected chi connectivity index (χ0v) is 15.6. The summed E-state index contributed by atoms with van der Waals surface area (Å²) in [7, 11) is 0. The van der Waals surface area contributed by atoms with E-state index in [9.17, 15) is 4.79 Å². The van der Waals surface area contributed by atoms with E-state index in [1.807, 2.05) is 60.5 Å². The molecule has 1 aromatic heterocycles. The first-order valence-corrected chi connectivity index (χ1v) is 9.35. The van der Waals surface area contributed by atoms with Crippen molar-refractivity contribution < 1.29 is 14.3 Å². The Morgan fingerprint density at radius 1 is 1.15 bits per heavy atom. The largest absolute Gasteiger partial charge is 0.377 e. The van der Waals surface area contributed by atoms with E-state index in [-0.39, 0.29) is 12.5 Å². The Bertz CT molecular complexity index is 798. The number of carbonyl (C=O) groups is 1. The molecule has 1 atom stereocenters. The fourth-order valence-corrected chi connectivity index (χ4v) is 3.82. The Balaban J connectivity index is 1.55. The molecule has 1 aromatic carbocycles. The summed E-state index contributed by atoms with van der Waals surface area (Å²) in [5.41, 5.74) is 2.53. The first-order valence-electron chi connectivity index (χ1n) is 9.35. The number of ether oxygens (including phenoxy) is 2. The number of benzene rings is 1. The normalized spacial score (nSPS) is 24.2. The van der Waals surface area contributed by atoms with Gasteiger partial charge in [-0.25, -0.2) is 0 Å². The molecule has 0 unspecified atom stereocenters. The number of amides is 1. The predicted molar refractivity (Wildman–Crippen MR) is 103 cm³/mol. The van der Waals surface area contributed by atoms with Crippen molar-refractivity contribution in [2.45, 2.75) is 19.1 Å². The van der Waals surface area contributed by atoms with E-state index in [1.54, 1.807) is 0 Å². The fraction of sp³-hybridized carbons (Fsp3) is 0.429. The lowest BCUT2D eigenvalue weighted by Gasteiger charge is -2.43. The van der Waals surface area contributed by atoms with Crippen molar-refractivity contribution in [1.29, 1.82) is 0 Å². The molecule has 0 saturated carbocycles. The number of morpholine rings is 1. The smallest absolute Gasteiger partial charge is 0.253 e. The number of rotatable bonds is 3. The molecule has 6 nitrogen and oxygen atoms in total. The minimum absolute atomic E-state index is 0.00421. The van der Waals surface area contributed by atoms with Crippen LogP contribution in [-0.4, -0.2) is 60.8 Å².